The second kappa shape index (κ2) is 5.10. The van der Waals surface area contributed by atoms with Gasteiger partial charge in [0.25, 0.3) is 0 Å². The van der Waals surface area contributed by atoms with Crippen molar-refractivity contribution in [3.63, 3.8) is 0 Å². The molecule has 0 aliphatic heterocycles. The fourth-order valence-electron chi connectivity index (χ4n) is 1.90. The van der Waals surface area contributed by atoms with Crippen LogP contribution in [0.4, 0.5) is 0 Å². The molecule has 6 nitrogen and oxygen atoms in total. The Morgan fingerprint density at radius 1 is 1.62 bits per heavy atom. The van der Waals surface area contributed by atoms with Gasteiger partial charge in [0.05, 0.1) is 6.16 Å². The van der Waals surface area contributed by atoms with Crippen molar-refractivity contribution < 1.29 is 24.3 Å². The molecule has 92 valence electrons. The zero-order chi connectivity index (χ0) is 12.3. The minimum Gasteiger partial charge on any atom is -0.480 e. The van der Waals surface area contributed by atoms with Crippen molar-refractivity contribution in [1.82, 2.24) is 0 Å². The number of carboxylic acids is 1. The SMILES string of the molecule is N[C@@H](C(=O)O)[C@H]1C=C(CP(=O)(O)O)CCC1. The van der Waals surface area contributed by atoms with Crippen LogP contribution in [-0.4, -0.2) is 33.1 Å². The van der Waals surface area contributed by atoms with Crippen LogP contribution in [0, 0.1) is 5.92 Å². The average Bonchev–Trinajstić information content (AvgIpc) is 2.14. The first-order valence-electron chi connectivity index (χ1n) is 5.02. The smallest absolute Gasteiger partial charge is 0.329 e. The molecule has 0 radical (unpaired) electrons. The van der Waals surface area contributed by atoms with Crippen molar-refractivity contribution in [3.8, 4) is 0 Å². The van der Waals surface area contributed by atoms with Gasteiger partial charge >= 0.3 is 13.6 Å². The summed E-state index contributed by atoms with van der Waals surface area (Å²) in [6.45, 7) is 0. The minimum absolute atomic E-state index is 0.296. The Morgan fingerprint density at radius 3 is 2.75 bits per heavy atom. The summed E-state index contributed by atoms with van der Waals surface area (Å²) in [4.78, 5) is 28.3. The normalized spacial score (nSPS) is 23.7. The Kier molecular flexibility index (Phi) is 4.27. The molecule has 2 atom stereocenters. The first-order chi connectivity index (χ1) is 7.29. The van der Waals surface area contributed by atoms with Crippen molar-refractivity contribution >= 4 is 13.6 Å². The maximum atomic E-state index is 10.8. The zero-order valence-corrected chi connectivity index (χ0v) is 9.64. The molecule has 0 amide bonds. The maximum Gasteiger partial charge on any atom is 0.329 e. The Morgan fingerprint density at radius 2 is 2.25 bits per heavy atom. The van der Waals surface area contributed by atoms with Crippen molar-refractivity contribution in [2.45, 2.75) is 25.3 Å². The first-order valence-corrected chi connectivity index (χ1v) is 6.82. The third kappa shape index (κ3) is 4.06. The number of nitrogens with two attached hydrogens (primary N) is 1. The van der Waals surface area contributed by atoms with E-state index >= 15 is 0 Å². The molecule has 0 bridgehead atoms. The molecule has 0 fully saturated rings. The quantitative estimate of drug-likeness (QED) is 0.420. The Hall–Kier alpha value is -0.680. The Balaban J connectivity index is 2.73. The van der Waals surface area contributed by atoms with Gasteiger partial charge in [-0.3, -0.25) is 9.36 Å². The van der Waals surface area contributed by atoms with E-state index in [0.717, 1.165) is 6.42 Å². The maximum absolute atomic E-state index is 10.8. The van der Waals surface area contributed by atoms with Gasteiger partial charge in [0, 0.05) is 5.92 Å². The van der Waals surface area contributed by atoms with Gasteiger partial charge in [-0.25, -0.2) is 0 Å². The van der Waals surface area contributed by atoms with Crippen LogP contribution in [0.2, 0.25) is 0 Å². The van der Waals surface area contributed by atoms with Crippen molar-refractivity contribution in [3.05, 3.63) is 11.6 Å². The van der Waals surface area contributed by atoms with E-state index in [1.165, 1.54) is 0 Å². The summed E-state index contributed by atoms with van der Waals surface area (Å²) < 4.78 is 10.8. The van der Waals surface area contributed by atoms with E-state index in [1.54, 1.807) is 6.08 Å². The van der Waals surface area contributed by atoms with Crippen LogP contribution in [0.25, 0.3) is 0 Å². The molecule has 7 heteroatoms. The second-order valence-electron chi connectivity index (χ2n) is 4.07. The highest BCUT2D eigenvalue weighted by atomic mass is 31.2. The lowest BCUT2D eigenvalue weighted by Gasteiger charge is -2.24. The summed E-state index contributed by atoms with van der Waals surface area (Å²) in [5.41, 5.74) is 6.09. The molecule has 0 aromatic carbocycles. The van der Waals surface area contributed by atoms with Crippen LogP contribution < -0.4 is 5.73 Å². The first kappa shape index (κ1) is 13.4. The second-order valence-corrected chi connectivity index (χ2v) is 5.71. The van der Waals surface area contributed by atoms with Crippen LogP contribution in [0.15, 0.2) is 11.6 Å². The van der Waals surface area contributed by atoms with Gasteiger partial charge in [-0.2, -0.15) is 0 Å². The van der Waals surface area contributed by atoms with E-state index in [0.29, 0.717) is 18.4 Å². The number of allylic oxidation sites excluding steroid dienone is 1. The lowest BCUT2D eigenvalue weighted by atomic mass is 9.86. The molecule has 16 heavy (non-hydrogen) atoms. The lowest BCUT2D eigenvalue weighted by Crippen LogP contribution is -2.38. The van der Waals surface area contributed by atoms with Crippen molar-refractivity contribution in [1.29, 1.82) is 0 Å². The third-order valence-electron chi connectivity index (χ3n) is 2.64. The van der Waals surface area contributed by atoms with Gasteiger partial charge in [-0.05, 0) is 19.3 Å². The van der Waals surface area contributed by atoms with Crippen LogP contribution in [0.1, 0.15) is 19.3 Å². The number of aliphatic carboxylic acids is 1. The molecular weight excluding hydrogens is 233 g/mol. The van der Waals surface area contributed by atoms with Gasteiger partial charge in [0.2, 0.25) is 0 Å². The summed E-state index contributed by atoms with van der Waals surface area (Å²) in [5, 5.41) is 8.75. The monoisotopic (exact) mass is 249 g/mol. The number of carboxylic acid groups (broad SMARTS) is 1. The molecule has 1 aliphatic carbocycles. The van der Waals surface area contributed by atoms with E-state index < -0.39 is 19.6 Å². The summed E-state index contributed by atoms with van der Waals surface area (Å²) in [7, 11) is -4.07. The van der Waals surface area contributed by atoms with E-state index in [2.05, 4.69) is 0 Å². The van der Waals surface area contributed by atoms with Crippen LogP contribution in [-0.2, 0) is 9.36 Å². The third-order valence-corrected chi connectivity index (χ3v) is 3.46. The van der Waals surface area contributed by atoms with E-state index in [1.807, 2.05) is 0 Å². The predicted molar refractivity (Wildman–Crippen MR) is 57.9 cm³/mol. The molecule has 0 saturated heterocycles. The molecule has 0 aromatic heterocycles. The molecule has 0 aromatic rings. The fraction of sp³-hybridized carbons (Fsp3) is 0.667. The van der Waals surface area contributed by atoms with E-state index in [9.17, 15) is 9.36 Å². The largest absolute Gasteiger partial charge is 0.480 e. The minimum atomic E-state index is -4.07. The summed E-state index contributed by atoms with van der Waals surface area (Å²) in [6, 6.07) is -0.993. The van der Waals surface area contributed by atoms with Crippen molar-refractivity contribution in [2.24, 2.45) is 11.7 Å². The van der Waals surface area contributed by atoms with Crippen LogP contribution in [0.3, 0.4) is 0 Å². The predicted octanol–water partition coefficient (Wildman–Crippen LogP) is 0.302. The highest BCUT2D eigenvalue weighted by Gasteiger charge is 2.27. The number of hydrogen-bond acceptors (Lipinski definition) is 3. The number of rotatable bonds is 4. The Bertz CT molecular complexity index is 348. The summed E-state index contributed by atoms with van der Waals surface area (Å²) in [5.74, 6) is -1.41. The zero-order valence-electron chi connectivity index (χ0n) is 8.74. The molecule has 5 N–H and O–H groups in total. The average molecular weight is 249 g/mol. The van der Waals surface area contributed by atoms with Gasteiger partial charge < -0.3 is 20.6 Å². The molecule has 0 saturated carbocycles. The van der Waals surface area contributed by atoms with Crippen LogP contribution >= 0.6 is 7.60 Å². The molecule has 1 aliphatic rings. The number of carbonyl (C=O) groups is 1. The van der Waals surface area contributed by atoms with Crippen LogP contribution in [0.5, 0.6) is 0 Å². The van der Waals surface area contributed by atoms with Gasteiger partial charge in [-0.1, -0.05) is 11.6 Å². The fourth-order valence-corrected chi connectivity index (χ4v) is 2.69. The Labute approximate surface area is 93.3 Å². The highest BCUT2D eigenvalue weighted by Crippen LogP contribution is 2.40. The number of hydrogen-bond donors (Lipinski definition) is 4. The van der Waals surface area contributed by atoms with E-state index in [-0.39, 0.29) is 12.1 Å². The molecule has 0 unspecified atom stereocenters. The van der Waals surface area contributed by atoms with Crippen molar-refractivity contribution in [2.75, 3.05) is 6.16 Å². The van der Waals surface area contributed by atoms with Gasteiger partial charge in [0.15, 0.2) is 0 Å². The molecule has 1 rings (SSSR count). The summed E-state index contributed by atoms with van der Waals surface area (Å²) in [6.07, 6.45) is 3.29. The highest BCUT2D eigenvalue weighted by molar-refractivity contribution is 7.52. The molecule has 0 heterocycles. The molecular formula is C9H16NO5P. The van der Waals surface area contributed by atoms with Gasteiger partial charge in [0.1, 0.15) is 6.04 Å². The van der Waals surface area contributed by atoms with E-state index in [4.69, 9.17) is 20.6 Å². The molecule has 0 spiro atoms. The standard InChI is InChI=1S/C9H16NO5P/c10-8(9(11)12)7-3-1-2-6(4-7)5-16(13,14)15/h4,7-8H,1-3,5,10H2,(H,11,12)(H2,13,14,15)/t7-,8-/m1/s1. The lowest BCUT2D eigenvalue weighted by molar-refractivity contribution is -0.139. The van der Waals surface area contributed by atoms with Gasteiger partial charge in [-0.15, -0.1) is 0 Å². The topological polar surface area (TPSA) is 121 Å². The summed E-state index contributed by atoms with van der Waals surface area (Å²) >= 11 is 0.